The average Bonchev–Trinajstić information content (AvgIpc) is 3.00. The van der Waals surface area contributed by atoms with E-state index in [1.165, 1.54) is 25.7 Å². The Morgan fingerprint density at radius 3 is 2.44 bits per heavy atom. The molecule has 2 aliphatic rings. The molecule has 2 unspecified atom stereocenters. The maximum absolute atomic E-state index is 12.5. The Morgan fingerprint density at radius 1 is 1.22 bits per heavy atom. The highest BCUT2D eigenvalue weighted by Crippen LogP contribution is 2.36. The highest BCUT2D eigenvalue weighted by molar-refractivity contribution is 5.82. The Labute approximate surface area is 110 Å². The van der Waals surface area contributed by atoms with Crippen molar-refractivity contribution in [1.82, 2.24) is 4.90 Å². The van der Waals surface area contributed by atoms with Crippen LogP contribution in [0.5, 0.6) is 0 Å². The SMILES string of the molecule is CC(C)C(C#N)C(=O)N1CCCC1C1CCCC1. The van der Waals surface area contributed by atoms with Crippen molar-refractivity contribution >= 4 is 5.91 Å². The number of hydrogen-bond acceptors (Lipinski definition) is 2. The van der Waals surface area contributed by atoms with E-state index >= 15 is 0 Å². The molecule has 1 amide bonds. The molecule has 0 aromatic carbocycles. The van der Waals surface area contributed by atoms with Gasteiger partial charge in [-0.15, -0.1) is 0 Å². The summed E-state index contributed by atoms with van der Waals surface area (Å²) in [7, 11) is 0. The molecule has 2 atom stereocenters. The van der Waals surface area contributed by atoms with Gasteiger partial charge in [0.15, 0.2) is 0 Å². The van der Waals surface area contributed by atoms with Crippen LogP contribution in [0, 0.1) is 29.1 Å². The van der Waals surface area contributed by atoms with Crippen LogP contribution in [-0.4, -0.2) is 23.4 Å². The third-order valence-electron chi connectivity index (χ3n) is 4.60. The van der Waals surface area contributed by atoms with Crippen molar-refractivity contribution in [3.63, 3.8) is 0 Å². The van der Waals surface area contributed by atoms with E-state index in [2.05, 4.69) is 6.07 Å². The lowest BCUT2D eigenvalue weighted by atomic mass is 9.92. The molecular weight excluding hydrogens is 224 g/mol. The Morgan fingerprint density at radius 2 is 1.89 bits per heavy atom. The van der Waals surface area contributed by atoms with Crippen LogP contribution in [0.3, 0.4) is 0 Å². The molecule has 2 fully saturated rings. The fourth-order valence-corrected chi connectivity index (χ4v) is 3.57. The first-order valence-corrected chi connectivity index (χ1v) is 7.35. The van der Waals surface area contributed by atoms with Gasteiger partial charge in [-0.1, -0.05) is 26.7 Å². The highest BCUT2D eigenvalue weighted by atomic mass is 16.2. The predicted octanol–water partition coefficient (Wildman–Crippen LogP) is 2.96. The third kappa shape index (κ3) is 2.53. The summed E-state index contributed by atoms with van der Waals surface area (Å²) in [5, 5.41) is 9.18. The molecule has 1 saturated heterocycles. The van der Waals surface area contributed by atoms with Crippen LogP contribution in [0.15, 0.2) is 0 Å². The van der Waals surface area contributed by atoms with Gasteiger partial charge in [0, 0.05) is 12.6 Å². The molecule has 1 aliphatic heterocycles. The van der Waals surface area contributed by atoms with Crippen LogP contribution in [0.25, 0.3) is 0 Å². The summed E-state index contributed by atoms with van der Waals surface area (Å²) in [6.45, 7) is 4.80. The summed E-state index contributed by atoms with van der Waals surface area (Å²) in [6.07, 6.45) is 7.43. The van der Waals surface area contributed by atoms with Gasteiger partial charge in [-0.25, -0.2) is 0 Å². The van der Waals surface area contributed by atoms with Gasteiger partial charge >= 0.3 is 0 Å². The van der Waals surface area contributed by atoms with Crippen molar-refractivity contribution in [3.8, 4) is 6.07 Å². The van der Waals surface area contributed by atoms with Crippen molar-refractivity contribution in [2.24, 2.45) is 17.8 Å². The van der Waals surface area contributed by atoms with Gasteiger partial charge in [0.1, 0.15) is 5.92 Å². The minimum atomic E-state index is -0.452. The molecule has 1 saturated carbocycles. The van der Waals surface area contributed by atoms with Crippen molar-refractivity contribution < 1.29 is 4.79 Å². The fourth-order valence-electron chi connectivity index (χ4n) is 3.57. The van der Waals surface area contributed by atoms with Crippen LogP contribution in [0.2, 0.25) is 0 Å². The molecule has 100 valence electrons. The molecule has 3 heteroatoms. The largest absolute Gasteiger partial charge is 0.338 e. The molecule has 0 N–H and O–H groups in total. The van der Waals surface area contributed by atoms with E-state index in [0.717, 1.165) is 19.4 Å². The maximum Gasteiger partial charge on any atom is 0.240 e. The van der Waals surface area contributed by atoms with E-state index in [1.807, 2.05) is 18.7 Å². The minimum Gasteiger partial charge on any atom is -0.338 e. The Balaban J connectivity index is 2.06. The summed E-state index contributed by atoms with van der Waals surface area (Å²) in [6, 6.07) is 2.62. The molecule has 18 heavy (non-hydrogen) atoms. The highest BCUT2D eigenvalue weighted by Gasteiger charge is 2.38. The van der Waals surface area contributed by atoms with Crippen LogP contribution >= 0.6 is 0 Å². The molecule has 0 aromatic rings. The normalized spacial score (nSPS) is 26.6. The van der Waals surface area contributed by atoms with E-state index in [9.17, 15) is 10.1 Å². The van der Waals surface area contributed by atoms with Gasteiger partial charge in [-0.2, -0.15) is 5.26 Å². The second kappa shape index (κ2) is 5.73. The maximum atomic E-state index is 12.5. The topological polar surface area (TPSA) is 44.1 Å². The summed E-state index contributed by atoms with van der Waals surface area (Å²) in [5.41, 5.74) is 0. The molecule has 0 radical (unpaired) electrons. The second-order valence-electron chi connectivity index (χ2n) is 6.14. The fraction of sp³-hybridized carbons (Fsp3) is 0.867. The first-order valence-electron chi connectivity index (χ1n) is 7.35. The lowest BCUT2D eigenvalue weighted by Gasteiger charge is -2.31. The van der Waals surface area contributed by atoms with Gasteiger partial charge in [0.05, 0.1) is 6.07 Å². The van der Waals surface area contributed by atoms with E-state index in [4.69, 9.17) is 0 Å². The molecule has 1 heterocycles. The zero-order chi connectivity index (χ0) is 13.1. The van der Waals surface area contributed by atoms with Gasteiger partial charge in [-0.05, 0) is 37.5 Å². The Hall–Kier alpha value is -1.04. The number of hydrogen-bond donors (Lipinski definition) is 0. The summed E-state index contributed by atoms with van der Waals surface area (Å²) in [5.74, 6) is 0.448. The van der Waals surface area contributed by atoms with Gasteiger partial charge in [-0.3, -0.25) is 4.79 Å². The van der Waals surface area contributed by atoms with Crippen molar-refractivity contribution in [1.29, 1.82) is 5.26 Å². The molecule has 1 aliphatic carbocycles. The summed E-state index contributed by atoms with van der Waals surface area (Å²) < 4.78 is 0. The number of rotatable bonds is 3. The molecule has 0 spiro atoms. The Bertz CT molecular complexity index is 339. The average molecular weight is 248 g/mol. The molecule has 0 bridgehead atoms. The van der Waals surface area contributed by atoms with E-state index < -0.39 is 5.92 Å². The first kappa shape index (κ1) is 13.4. The number of nitrogens with zero attached hydrogens (tertiary/aromatic N) is 2. The quantitative estimate of drug-likeness (QED) is 0.770. The molecule has 0 aromatic heterocycles. The predicted molar refractivity (Wildman–Crippen MR) is 70.6 cm³/mol. The molecule has 2 rings (SSSR count). The van der Waals surface area contributed by atoms with Crippen molar-refractivity contribution in [2.45, 2.75) is 58.4 Å². The monoisotopic (exact) mass is 248 g/mol. The van der Waals surface area contributed by atoms with E-state index in [0.29, 0.717) is 12.0 Å². The standard InChI is InChI=1S/C15H24N2O/c1-11(2)13(10-16)15(18)17-9-5-8-14(17)12-6-3-4-7-12/h11-14H,3-9H2,1-2H3. The lowest BCUT2D eigenvalue weighted by molar-refractivity contribution is -0.136. The summed E-state index contributed by atoms with van der Waals surface area (Å²) >= 11 is 0. The van der Waals surface area contributed by atoms with Crippen LogP contribution in [0.4, 0.5) is 0 Å². The number of carbonyl (C=O) groups excluding carboxylic acids is 1. The number of amides is 1. The first-order chi connectivity index (χ1) is 8.65. The number of nitriles is 1. The van der Waals surface area contributed by atoms with Crippen LogP contribution in [-0.2, 0) is 4.79 Å². The van der Waals surface area contributed by atoms with Gasteiger partial charge in [0.25, 0.3) is 0 Å². The van der Waals surface area contributed by atoms with Crippen LogP contribution in [0.1, 0.15) is 52.4 Å². The molecular formula is C15H24N2O. The van der Waals surface area contributed by atoms with Crippen LogP contribution < -0.4 is 0 Å². The van der Waals surface area contributed by atoms with Crippen molar-refractivity contribution in [2.75, 3.05) is 6.54 Å². The number of likely N-dealkylation sites (tertiary alicyclic amines) is 1. The van der Waals surface area contributed by atoms with E-state index in [1.54, 1.807) is 0 Å². The number of carbonyl (C=O) groups is 1. The smallest absolute Gasteiger partial charge is 0.240 e. The second-order valence-corrected chi connectivity index (χ2v) is 6.14. The zero-order valence-corrected chi connectivity index (χ0v) is 11.6. The van der Waals surface area contributed by atoms with Crippen molar-refractivity contribution in [3.05, 3.63) is 0 Å². The summed E-state index contributed by atoms with van der Waals surface area (Å²) in [4.78, 5) is 14.5. The van der Waals surface area contributed by atoms with E-state index in [-0.39, 0.29) is 11.8 Å². The zero-order valence-electron chi connectivity index (χ0n) is 11.6. The van der Waals surface area contributed by atoms with Gasteiger partial charge < -0.3 is 4.90 Å². The van der Waals surface area contributed by atoms with Gasteiger partial charge in [0.2, 0.25) is 5.91 Å². The lowest BCUT2D eigenvalue weighted by Crippen LogP contribution is -2.43. The molecule has 3 nitrogen and oxygen atoms in total. The Kier molecular flexibility index (Phi) is 4.27. The minimum absolute atomic E-state index is 0.0851. The third-order valence-corrected chi connectivity index (χ3v) is 4.60.